The minimum Gasteiger partial charge on any atom is -0.333 e. The van der Waals surface area contributed by atoms with E-state index in [4.69, 9.17) is 0 Å². The van der Waals surface area contributed by atoms with Gasteiger partial charge in [0.05, 0.1) is 12.4 Å². The van der Waals surface area contributed by atoms with Gasteiger partial charge in [-0.3, -0.25) is 4.90 Å². The quantitative estimate of drug-likeness (QED) is 0.838. The van der Waals surface area contributed by atoms with Crippen molar-refractivity contribution in [2.75, 3.05) is 6.54 Å². The van der Waals surface area contributed by atoms with Crippen molar-refractivity contribution in [3.05, 3.63) is 54.6 Å². The summed E-state index contributed by atoms with van der Waals surface area (Å²) in [5, 5.41) is 0. The lowest BCUT2D eigenvalue weighted by atomic mass is 10.1. The van der Waals surface area contributed by atoms with Crippen molar-refractivity contribution in [2.45, 2.75) is 31.5 Å². The molecule has 2 aliphatic rings. The average molecular weight is 253 g/mol. The maximum Gasteiger partial charge on any atom is 0.0949 e. The summed E-state index contributed by atoms with van der Waals surface area (Å²) in [5.41, 5.74) is 1.43. The van der Waals surface area contributed by atoms with E-state index in [1.54, 1.807) is 0 Å². The first-order valence-electron chi connectivity index (χ1n) is 7.17. The standard InChI is InChI=1S/C16H19N3/c1-2-4-13(5-3-1)10-19-11-14-6-7-15(19)16(14)18-9-8-17-12-18/h1-5,8-9,12,14-16H,6-7,10-11H2/t14-,15-,16-/m1/s1. The molecule has 2 bridgehead atoms. The summed E-state index contributed by atoms with van der Waals surface area (Å²) in [6.45, 7) is 2.33. The van der Waals surface area contributed by atoms with Gasteiger partial charge in [0, 0.05) is 31.5 Å². The van der Waals surface area contributed by atoms with Gasteiger partial charge >= 0.3 is 0 Å². The van der Waals surface area contributed by atoms with E-state index >= 15 is 0 Å². The summed E-state index contributed by atoms with van der Waals surface area (Å²) in [7, 11) is 0. The number of imidazole rings is 1. The molecule has 98 valence electrons. The maximum atomic E-state index is 4.22. The van der Waals surface area contributed by atoms with Gasteiger partial charge in [-0.1, -0.05) is 30.3 Å². The molecule has 2 heterocycles. The maximum absolute atomic E-state index is 4.22. The van der Waals surface area contributed by atoms with Crippen molar-refractivity contribution >= 4 is 0 Å². The van der Waals surface area contributed by atoms with Gasteiger partial charge in [-0.2, -0.15) is 0 Å². The molecule has 1 aliphatic carbocycles. The molecule has 3 nitrogen and oxygen atoms in total. The van der Waals surface area contributed by atoms with Crippen molar-refractivity contribution in [2.24, 2.45) is 5.92 Å². The Morgan fingerprint density at radius 3 is 2.84 bits per heavy atom. The smallest absolute Gasteiger partial charge is 0.0949 e. The van der Waals surface area contributed by atoms with Crippen molar-refractivity contribution < 1.29 is 0 Å². The van der Waals surface area contributed by atoms with Gasteiger partial charge < -0.3 is 4.57 Å². The molecule has 1 saturated heterocycles. The monoisotopic (exact) mass is 253 g/mol. The minimum atomic E-state index is 0.645. The Hall–Kier alpha value is -1.61. The Morgan fingerprint density at radius 2 is 2.05 bits per heavy atom. The van der Waals surface area contributed by atoms with E-state index in [1.165, 1.54) is 24.9 Å². The first-order chi connectivity index (χ1) is 9.42. The van der Waals surface area contributed by atoms with Crippen LogP contribution in [0.3, 0.4) is 0 Å². The van der Waals surface area contributed by atoms with E-state index in [-0.39, 0.29) is 0 Å². The highest BCUT2D eigenvalue weighted by molar-refractivity contribution is 5.16. The van der Waals surface area contributed by atoms with E-state index in [9.17, 15) is 0 Å². The average Bonchev–Trinajstić information content (AvgIpc) is 3.14. The van der Waals surface area contributed by atoms with Crippen LogP contribution in [0.25, 0.3) is 0 Å². The third kappa shape index (κ3) is 1.89. The van der Waals surface area contributed by atoms with Crippen LogP contribution in [0.5, 0.6) is 0 Å². The predicted molar refractivity (Wildman–Crippen MR) is 74.6 cm³/mol. The van der Waals surface area contributed by atoms with Crippen LogP contribution < -0.4 is 0 Å². The highest BCUT2D eigenvalue weighted by Gasteiger charge is 2.47. The summed E-state index contributed by atoms with van der Waals surface area (Å²) in [6.07, 6.45) is 8.72. The van der Waals surface area contributed by atoms with E-state index < -0.39 is 0 Å². The molecule has 1 aromatic carbocycles. The Labute approximate surface area is 113 Å². The number of hydrogen-bond acceptors (Lipinski definition) is 2. The summed E-state index contributed by atoms with van der Waals surface area (Å²) in [4.78, 5) is 6.88. The van der Waals surface area contributed by atoms with Crippen molar-refractivity contribution in [3.8, 4) is 0 Å². The van der Waals surface area contributed by atoms with Gasteiger partial charge in [-0.15, -0.1) is 0 Å². The third-order valence-electron chi connectivity index (χ3n) is 4.75. The highest BCUT2D eigenvalue weighted by atomic mass is 15.3. The molecule has 0 spiro atoms. The number of likely N-dealkylation sites (tertiary alicyclic amines) is 1. The second-order valence-corrected chi connectivity index (χ2v) is 5.82. The molecule has 1 saturated carbocycles. The van der Waals surface area contributed by atoms with Crippen LogP contribution in [-0.2, 0) is 6.54 Å². The Bertz CT molecular complexity index is 534. The van der Waals surface area contributed by atoms with Gasteiger partial charge in [0.2, 0.25) is 0 Å². The first kappa shape index (κ1) is 11.2. The van der Waals surface area contributed by atoms with E-state index in [0.717, 1.165) is 12.5 Å². The van der Waals surface area contributed by atoms with Crippen LogP contribution in [0.4, 0.5) is 0 Å². The third-order valence-corrected chi connectivity index (χ3v) is 4.75. The molecule has 3 heteroatoms. The summed E-state index contributed by atoms with van der Waals surface area (Å²) < 4.78 is 2.33. The van der Waals surface area contributed by atoms with Gasteiger partial charge in [0.15, 0.2) is 0 Å². The number of aromatic nitrogens is 2. The van der Waals surface area contributed by atoms with Crippen LogP contribution in [0.2, 0.25) is 0 Å². The van der Waals surface area contributed by atoms with Crippen LogP contribution in [0.1, 0.15) is 24.4 Å². The van der Waals surface area contributed by atoms with Gasteiger partial charge in [0.1, 0.15) is 0 Å². The van der Waals surface area contributed by atoms with Crippen molar-refractivity contribution in [1.29, 1.82) is 0 Å². The first-order valence-corrected chi connectivity index (χ1v) is 7.17. The lowest BCUT2D eigenvalue weighted by molar-refractivity contribution is 0.198. The predicted octanol–water partition coefficient (Wildman–Crippen LogP) is 2.72. The number of fused-ring (bicyclic) bond motifs is 2. The molecule has 1 aromatic heterocycles. The zero-order chi connectivity index (χ0) is 12.7. The fourth-order valence-corrected chi connectivity index (χ4v) is 3.96. The molecule has 1 aliphatic heterocycles. The Morgan fingerprint density at radius 1 is 1.16 bits per heavy atom. The summed E-state index contributed by atoms with van der Waals surface area (Å²) in [6, 6.07) is 12.2. The molecule has 2 fully saturated rings. The summed E-state index contributed by atoms with van der Waals surface area (Å²) >= 11 is 0. The van der Waals surface area contributed by atoms with Gasteiger partial charge in [-0.25, -0.2) is 4.98 Å². The van der Waals surface area contributed by atoms with Gasteiger partial charge in [-0.05, 0) is 24.3 Å². The van der Waals surface area contributed by atoms with Crippen LogP contribution in [0.15, 0.2) is 49.1 Å². The molecule has 3 atom stereocenters. The summed E-state index contributed by atoms with van der Waals surface area (Å²) in [5.74, 6) is 0.808. The topological polar surface area (TPSA) is 21.1 Å². The number of nitrogens with zero attached hydrogens (tertiary/aromatic N) is 3. The number of hydrogen-bond donors (Lipinski definition) is 0. The van der Waals surface area contributed by atoms with Gasteiger partial charge in [0.25, 0.3) is 0 Å². The second-order valence-electron chi connectivity index (χ2n) is 5.82. The zero-order valence-corrected chi connectivity index (χ0v) is 11.0. The molecule has 0 N–H and O–H groups in total. The molecule has 2 aromatic rings. The zero-order valence-electron chi connectivity index (χ0n) is 11.0. The molecule has 0 amide bonds. The number of benzene rings is 1. The highest BCUT2D eigenvalue weighted by Crippen LogP contribution is 2.46. The fourth-order valence-electron chi connectivity index (χ4n) is 3.96. The van der Waals surface area contributed by atoms with Crippen LogP contribution in [0, 0.1) is 5.92 Å². The largest absolute Gasteiger partial charge is 0.333 e. The van der Waals surface area contributed by atoms with E-state index in [2.05, 4.69) is 51.0 Å². The number of piperidine rings is 1. The lowest BCUT2D eigenvalue weighted by Gasteiger charge is -2.27. The normalized spacial score (nSPS) is 30.0. The fraction of sp³-hybridized carbons (Fsp3) is 0.438. The molecule has 19 heavy (non-hydrogen) atoms. The van der Waals surface area contributed by atoms with Crippen LogP contribution in [-0.4, -0.2) is 27.0 Å². The van der Waals surface area contributed by atoms with Crippen LogP contribution >= 0.6 is 0 Å². The van der Waals surface area contributed by atoms with Crippen molar-refractivity contribution in [1.82, 2.24) is 14.5 Å². The van der Waals surface area contributed by atoms with Crippen molar-refractivity contribution in [3.63, 3.8) is 0 Å². The molecule has 0 radical (unpaired) electrons. The molecular formula is C16H19N3. The van der Waals surface area contributed by atoms with E-state index in [1.807, 2.05) is 12.5 Å². The molecule has 4 rings (SSSR count). The number of rotatable bonds is 3. The lowest BCUT2D eigenvalue weighted by Crippen LogP contribution is -2.33. The molecular weight excluding hydrogens is 234 g/mol. The Kier molecular flexibility index (Phi) is 2.66. The minimum absolute atomic E-state index is 0.645. The second kappa shape index (κ2) is 4.49. The SMILES string of the molecule is c1ccc(CN2C[C@H]3CC[C@@H]2[C@@H]3n2ccnc2)cc1. The Balaban J connectivity index is 1.54. The van der Waals surface area contributed by atoms with E-state index in [0.29, 0.717) is 12.1 Å². The molecule has 0 unspecified atom stereocenters.